The second-order valence-corrected chi connectivity index (χ2v) is 5.78. The molecular weight excluding hydrogens is 324 g/mol. The van der Waals surface area contributed by atoms with Gasteiger partial charge in [-0.3, -0.25) is 9.59 Å². The fraction of sp³-hybridized carbons (Fsp3) is 0.222. The van der Waals surface area contributed by atoms with Crippen LogP contribution in [0.15, 0.2) is 42.5 Å². The number of hydrogen-bond acceptors (Lipinski definition) is 5. The van der Waals surface area contributed by atoms with E-state index >= 15 is 0 Å². The standard InChI is InChI=1S/C18H16N2O5/c1-20-12-8-11(6-7-13(12)24-10-17(20)21)19-18(22)16-9-23-14-4-2-3-5-15(14)25-16/h2-8,16H,9-10H2,1H3,(H,19,22). The lowest BCUT2D eigenvalue weighted by molar-refractivity contribution is -0.125. The van der Waals surface area contributed by atoms with Gasteiger partial charge in [0.05, 0.1) is 5.69 Å². The van der Waals surface area contributed by atoms with E-state index in [0.717, 1.165) is 0 Å². The number of carbonyl (C=O) groups excluding carboxylic acids is 2. The highest BCUT2D eigenvalue weighted by atomic mass is 16.6. The summed E-state index contributed by atoms with van der Waals surface area (Å²) in [7, 11) is 1.67. The summed E-state index contributed by atoms with van der Waals surface area (Å²) in [5.41, 5.74) is 1.16. The van der Waals surface area contributed by atoms with E-state index in [4.69, 9.17) is 14.2 Å². The summed E-state index contributed by atoms with van der Waals surface area (Å²) in [6.45, 7) is 0.150. The number of nitrogens with zero attached hydrogens (tertiary/aromatic N) is 1. The number of benzene rings is 2. The van der Waals surface area contributed by atoms with Crippen LogP contribution in [0.2, 0.25) is 0 Å². The Morgan fingerprint density at radius 1 is 1.12 bits per heavy atom. The second kappa shape index (κ2) is 6.01. The van der Waals surface area contributed by atoms with Gasteiger partial charge in [0.2, 0.25) is 6.10 Å². The largest absolute Gasteiger partial charge is 0.485 e. The lowest BCUT2D eigenvalue weighted by atomic mass is 10.2. The van der Waals surface area contributed by atoms with Gasteiger partial charge >= 0.3 is 0 Å². The Morgan fingerprint density at radius 3 is 2.76 bits per heavy atom. The van der Waals surface area contributed by atoms with E-state index in [1.807, 2.05) is 12.1 Å². The van der Waals surface area contributed by atoms with Gasteiger partial charge < -0.3 is 24.4 Å². The van der Waals surface area contributed by atoms with Crippen molar-refractivity contribution in [3.63, 3.8) is 0 Å². The maximum atomic E-state index is 12.5. The molecule has 0 aliphatic carbocycles. The van der Waals surface area contributed by atoms with Crippen LogP contribution in [0.5, 0.6) is 17.2 Å². The number of likely N-dealkylation sites (N-methyl/N-ethyl adjacent to an activating group) is 1. The van der Waals surface area contributed by atoms with Crippen LogP contribution in [0, 0.1) is 0 Å². The number of hydrogen-bond donors (Lipinski definition) is 1. The summed E-state index contributed by atoms with van der Waals surface area (Å²) in [6.07, 6.45) is -0.749. The third-order valence-corrected chi connectivity index (χ3v) is 4.11. The van der Waals surface area contributed by atoms with Crippen LogP contribution >= 0.6 is 0 Å². The zero-order chi connectivity index (χ0) is 17.4. The number of para-hydroxylation sites is 2. The van der Waals surface area contributed by atoms with Gasteiger partial charge in [-0.05, 0) is 30.3 Å². The van der Waals surface area contributed by atoms with Gasteiger partial charge in [0.15, 0.2) is 18.1 Å². The summed E-state index contributed by atoms with van der Waals surface area (Å²) < 4.78 is 16.6. The zero-order valence-corrected chi connectivity index (χ0v) is 13.5. The first-order chi connectivity index (χ1) is 12.1. The molecule has 1 unspecified atom stereocenters. The molecule has 2 aromatic rings. The topological polar surface area (TPSA) is 77.1 Å². The van der Waals surface area contributed by atoms with Crippen molar-refractivity contribution in [2.24, 2.45) is 0 Å². The van der Waals surface area contributed by atoms with Crippen molar-refractivity contribution in [2.75, 3.05) is 30.5 Å². The Morgan fingerprint density at radius 2 is 1.92 bits per heavy atom. The number of amides is 2. The predicted octanol–water partition coefficient (Wildman–Crippen LogP) is 1.82. The monoisotopic (exact) mass is 340 g/mol. The van der Waals surface area contributed by atoms with Crippen LogP contribution in [0.4, 0.5) is 11.4 Å². The first kappa shape index (κ1) is 15.3. The molecule has 0 spiro atoms. The Kier molecular flexibility index (Phi) is 3.68. The molecule has 2 heterocycles. The van der Waals surface area contributed by atoms with Gasteiger partial charge in [0.1, 0.15) is 12.4 Å². The van der Waals surface area contributed by atoms with Gasteiger partial charge in [-0.15, -0.1) is 0 Å². The normalized spacial score (nSPS) is 18.2. The van der Waals surface area contributed by atoms with Crippen LogP contribution in [0.3, 0.4) is 0 Å². The van der Waals surface area contributed by atoms with Gasteiger partial charge in [0.25, 0.3) is 11.8 Å². The molecule has 2 aliphatic heterocycles. The summed E-state index contributed by atoms with van der Waals surface area (Å²) in [6, 6.07) is 12.3. The van der Waals surface area contributed by atoms with Crippen molar-refractivity contribution in [1.82, 2.24) is 0 Å². The Labute approximate surface area is 144 Å². The van der Waals surface area contributed by atoms with Crippen LogP contribution < -0.4 is 24.4 Å². The summed E-state index contributed by atoms with van der Waals surface area (Å²) in [5, 5.41) is 2.79. The quantitative estimate of drug-likeness (QED) is 0.902. The van der Waals surface area contributed by atoms with Gasteiger partial charge in [-0.25, -0.2) is 0 Å². The highest BCUT2D eigenvalue weighted by Gasteiger charge is 2.28. The molecule has 128 valence electrons. The summed E-state index contributed by atoms with van der Waals surface area (Å²) in [5.74, 6) is 1.30. The van der Waals surface area contributed by atoms with E-state index in [2.05, 4.69) is 5.32 Å². The molecular formula is C18H16N2O5. The Bertz CT molecular complexity index is 851. The van der Waals surface area contributed by atoms with Gasteiger partial charge in [0, 0.05) is 12.7 Å². The minimum atomic E-state index is -0.749. The Hall–Kier alpha value is -3.22. The lowest BCUT2D eigenvalue weighted by Crippen LogP contribution is -2.40. The van der Waals surface area contributed by atoms with Crippen molar-refractivity contribution in [3.05, 3.63) is 42.5 Å². The van der Waals surface area contributed by atoms with Crippen molar-refractivity contribution >= 4 is 23.2 Å². The van der Waals surface area contributed by atoms with Crippen LogP contribution in [-0.4, -0.2) is 38.2 Å². The molecule has 0 saturated carbocycles. The third kappa shape index (κ3) is 2.84. The van der Waals surface area contributed by atoms with Crippen LogP contribution in [0.25, 0.3) is 0 Å². The van der Waals surface area contributed by atoms with Crippen molar-refractivity contribution < 1.29 is 23.8 Å². The molecule has 2 aliphatic rings. The molecule has 1 atom stereocenters. The molecule has 0 saturated heterocycles. The molecule has 7 heteroatoms. The number of nitrogens with one attached hydrogen (secondary N) is 1. The third-order valence-electron chi connectivity index (χ3n) is 4.11. The SMILES string of the molecule is CN1C(=O)COc2ccc(NC(=O)C3COc4ccccc4O3)cc21. The molecule has 2 amide bonds. The molecule has 25 heavy (non-hydrogen) atoms. The van der Waals surface area contributed by atoms with Crippen molar-refractivity contribution in [2.45, 2.75) is 6.10 Å². The molecule has 7 nitrogen and oxygen atoms in total. The van der Waals surface area contributed by atoms with E-state index in [9.17, 15) is 9.59 Å². The molecule has 2 aromatic carbocycles. The highest BCUT2D eigenvalue weighted by Crippen LogP contribution is 2.34. The summed E-state index contributed by atoms with van der Waals surface area (Å²) in [4.78, 5) is 25.7. The van der Waals surface area contributed by atoms with Crippen molar-refractivity contribution in [1.29, 1.82) is 0 Å². The number of carbonyl (C=O) groups is 2. The molecule has 1 N–H and O–H groups in total. The molecule has 4 rings (SSSR count). The number of fused-ring (bicyclic) bond motifs is 2. The first-order valence-corrected chi connectivity index (χ1v) is 7.84. The fourth-order valence-corrected chi connectivity index (χ4v) is 2.72. The van der Waals surface area contributed by atoms with Crippen LogP contribution in [0.1, 0.15) is 0 Å². The Balaban J connectivity index is 1.49. The number of ether oxygens (including phenoxy) is 3. The minimum Gasteiger partial charge on any atom is -0.485 e. The predicted molar refractivity (Wildman–Crippen MR) is 90.3 cm³/mol. The number of anilines is 2. The smallest absolute Gasteiger partial charge is 0.269 e. The fourth-order valence-electron chi connectivity index (χ4n) is 2.72. The second-order valence-electron chi connectivity index (χ2n) is 5.78. The van der Waals surface area contributed by atoms with E-state index in [1.165, 1.54) is 4.90 Å². The van der Waals surface area contributed by atoms with E-state index in [0.29, 0.717) is 28.6 Å². The maximum absolute atomic E-state index is 12.5. The molecule has 0 aromatic heterocycles. The van der Waals surface area contributed by atoms with Gasteiger partial charge in [-0.2, -0.15) is 0 Å². The van der Waals surface area contributed by atoms with Crippen LogP contribution in [-0.2, 0) is 9.59 Å². The van der Waals surface area contributed by atoms with E-state index in [1.54, 1.807) is 37.4 Å². The zero-order valence-electron chi connectivity index (χ0n) is 13.5. The van der Waals surface area contributed by atoms with E-state index in [-0.39, 0.29) is 25.0 Å². The number of rotatable bonds is 2. The van der Waals surface area contributed by atoms with Crippen molar-refractivity contribution in [3.8, 4) is 17.2 Å². The van der Waals surface area contributed by atoms with E-state index < -0.39 is 6.10 Å². The highest BCUT2D eigenvalue weighted by molar-refractivity contribution is 6.00. The molecule has 0 radical (unpaired) electrons. The average Bonchev–Trinajstić information content (AvgIpc) is 2.64. The summed E-state index contributed by atoms with van der Waals surface area (Å²) >= 11 is 0. The van der Waals surface area contributed by atoms with Gasteiger partial charge in [-0.1, -0.05) is 12.1 Å². The molecule has 0 fully saturated rings. The maximum Gasteiger partial charge on any atom is 0.269 e. The molecule has 0 bridgehead atoms. The minimum absolute atomic E-state index is 0.0157. The first-order valence-electron chi connectivity index (χ1n) is 7.84. The lowest BCUT2D eigenvalue weighted by Gasteiger charge is -2.27. The average molecular weight is 340 g/mol.